The Kier molecular flexibility index (Phi) is 7.78. The molecule has 1 amide bonds. The molecular weight excluding hydrogens is 510 g/mol. The van der Waals surface area contributed by atoms with Crippen LogP contribution in [0.25, 0.3) is 11.1 Å². The summed E-state index contributed by atoms with van der Waals surface area (Å²) in [7, 11) is -3.42. The summed E-state index contributed by atoms with van der Waals surface area (Å²) in [5.41, 5.74) is -1.55. The molecule has 0 spiro atoms. The van der Waals surface area contributed by atoms with Gasteiger partial charge in [-0.15, -0.1) is 0 Å². The largest absolute Gasteiger partial charge is 0.407 e. The maximum absolute atomic E-state index is 14.5. The van der Waals surface area contributed by atoms with Crippen molar-refractivity contribution in [2.75, 3.05) is 6.26 Å². The predicted octanol–water partition coefficient (Wildman–Crippen LogP) is 4.94. The van der Waals surface area contributed by atoms with Gasteiger partial charge in [-0.2, -0.15) is 18.4 Å². The molecule has 2 aromatic carbocycles. The van der Waals surface area contributed by atoms with Gasteiger partial charge in [0.15, 0.2) is 9.84 Å². The Bertz CT molecular complexity index is 1310. The molecule has 3 rings (SSSR count). The van der Waals surface area contributed by atoms with E-state index >= 15 is 0 Å². The lowest BCUT2D eigenvalue weighted by atomic mass is 9.96. The molecule has 1 saturated carbocycles. The van der Waals surface area contributed by atoms with Crippen molar-refractivity contribution in [1.82, 2.24) is 10.6 Å². The van der Waals surface area contributed by atoms with Crippen molar-refractivity contribution in [2.45, 2.75) is 74.4 Å². The van der Waals surface area contributed by atoms with Gasteiger partial charge in [-0.25, -0.2) is 12.8 Å². The lowest BCUT2D eigenvalue weighted by molar-refractivity contribution is -0.161. The van der Waals surface area contributed by atoms with E-state index in [-0.39, 0.29) is 10.5 Å². The van der Waals surface area contributed by atoms with E-state index in [1.54, 1.807) is 19.1 Å². The van der Waals surface area contributed by atoms with Gasteiger partial charge >= 0.3 is 6.18 Å². The first kappa shape index (κ1) is 28.6. The van der Waals surface area contributed by atoms with Gasteiger partial charge in [-0.1, -0.05) is 36.4 Å². The third-order valence-corrected chi connectivity index (χ3v) is 7.44. The molecule has 2 aromatic rings. The summed E-state index contributed by atoms with van der Waals surface area (Å²) in [5, 5.41) is 14.0. The number of alkyl halides is 4. The van der Waals surface area contributed by atoms with E-state index in [0.717, 1.165) is 6.26 Å². The number of carbonyl (C=O) groups excluding carboxylic acids is 1. The molecule has 0 saturated heterocycles. The fraction of sp³-hybridized carbons (Fsp3) is 0.462. The maximum Gasteiger partial charge on any atom is 0.407 e. The van der Waals surface area contributed by atoms with Crippen LogP contribution < -0.4 is 10.6 Å². The van der Waals surface area contributed by atoms with Crippen LogP contribution in [-0.4, -0.2) is 44.0 Å². The smallest absolute Gasteiger partial charge is 0.336 e. The quantitative estimate of drug-likeness (QED) is 0.440. The molecule has 1 fully saturated rings. The van der Waals surface area contributed by atoms with E-state index < -0.39 is 51.6 Å². The number of hydrogen-bond donors (Lipinski definition) is 2. The first-order valence-electron chi connectivity index (χ1n) is 11.6. The topological polar surface area (TPSA) is 99.1 Å². The van der Waals surface area contributed by atoms with E-state index in [4.69, 9.17) is 0 Å². The normalized spacial score (nSPS) is 16.9. The predicted molar refractivity (Wildman–Crippen MR) is 131 cm³/mol. The average molecular weight is 540 g/mol. The fourth-order valence-corrected chi connectivity index (χ4v) is 5.08. The minimum absolute atomic E-state index is 0.165. The molecule has 2 N–H and O–H groups in total. The van der Waals surface area contributed by atoms with Crippen LogP contribution in [0, 0.1) is 18.3 Å². The van der Waals surface area contributed by atoms with E-state index in [0.29, 0.717) is 29.5 Å². The zero-order chi connectivity index (χ0) is 27.8. The number of sulfone groups is 1. The first-order chi connectivity index (χ1) is 16.9. The molecule has 0 bridgehead atoms. The Morgan fingerprint density at radius 3 is 2.08 bits per heavy atom. The number of nitriles is 1. The highest BCUT2D eigenvalue weighted by molar-refractivity contribution is 7.90. The highest BCUT2D eigenvalue weighted by Crippen LogP contribution is 2.37. The zero-order valence-corrected chi connectivity index (χ0v) is 21.7. The summed E-state index contributed by atoms with van der Waals surface area (Å²) >= 11 is 0. The number of carbonyl (C=O) groups is 1. The Morgan fingerprint density at radius 2 is 1.65 bits per heavy atom. The van der Waals surface area contributed by atoms with Crippen molar-refractivity contribution in [3.05, 3.63) is 53.6 Å². The molecule has 37 heavy (non-hydrogen) atoms. The number of nitrogens with zero attached hydrogens (tertiary/aromatic N) is 1. The molecule has 0 radical (unpaired) electrons. The Hall–Kier alpha value is -2.97. The second-order valence-electron chi connectivity index (χ2n) is 10.2. The van der Waals surface area contributed by atoms with Crippen LogP contribution in [0.5, 0.6) is 0 Å². The van der Waals surface area contributed by atoms with Crippen LogP contribution in [0.3, 0.4) is 0 Å². The van der Waals surface area contributed by atoms with Gasteiger partial charge in [0.05, 0.1) is 17.0 Å². The van der Waals surface area contributed by atoms with E-state index in [9.17, 15) is 36.0 Å². The van der Waals surface area contributed by atoms with Crippen molar-refractivity contribution < 1.29 is 30.8 Å². The maximum atomic E-state index is 14.5. The summed E-state index contributed by atoms with van der Waals surface area (Å²) < 4.78 is 80.5. The highest BCUT2D eigenvalue weighted by atomic mass is 32.2. The first-order valence-corrected chi connectivity index (χ1v) is 13.5. The third kappa shape index (κ3) is 7.29. The standard InChI is InChI=1S/C26H29F4N3O3S/c1-16-13-19(9-10-21(16)37(4,35)36)17-5-7-18(8-6-17)22(26(28,29)30)32-20(14-24(2,3)27)23(34)33-25(15-31)11-12-25/h5-10,13,20,22,32H,11-12,14H2,1-4H3,(H,33,34)/t20-,22-/m0/s1. The van der Waals surface area contributed by atoms with Crippen molar-refractivity contribution in [3.8, 4) is 17.2 Å². The van der Waals surface area contributed by atoms with Gasteiger partial charge < -0.3 is 5.32 Å². The monoisotopic (exact) mass is 539 g/mol. The number of halogens is 4. The van der Waals surface area contributed by atoms with Gasteiger partial charge in [0.1, 0.15) is 17.2 Å². The highest BCUT2D eigenvalue weighted by Gasteiger charge is 2.48. The number of nitrogens with one attached hydrogen (secondary N) is 2. The minimum atomic E-state index is -4.80. The van der Waals surface area contributed by atoms with Crippen LogP contribution >= 0.6 is 0 Å². The Balaban J connectivity index is 1.89. The second kappa shape index (κ2) is 10.1. The van der Waals surface area contributed by atoms with Crippen molar-refractivity contribution in [2.24, 2.45) is 0 Å². The number of benzene rings is 2. The molecule has 1 aliphatic carbocycles. The molecule has 6 nitrogen and oxygen atoms in total. The molecule has 0 aliphatic heterocycles. The van der Waals surface area contributed by atoms with E-state index in [1.807, 2.05) is 6.07 Å². The van der Waals surface area contributed by atoms with E-state index in [2.05, 4.69) is 10.6 Å². The van der Waals surface area contributed by atoms with Gasteiger partial charge in [0, 0.05) is 12.7 Å². The van der Waals surface area contributed by atoms with Crippen molar-refractivity contribution in [3.63, 3.8) is 0 Å². The summed E-state index contributed by atoms with van der Waals surface area (Å²) in [5.74, 6) is -0.864. The van der Waals surface area contributed by atoms with Crippen LogP contribution in [0.15, 0.2) is 47.4 Å². The average Bonchev–Trinajstić information content (AvgIpc) is 3.54. The molecule has 1 aliphatic rings. The number of aryl methyl sites for hydroxylation is 1. The molecular formula is C26H29F4N3O3S. The number of rotatable bonds is 9. The van der Waals surface area contributed by atoms with Crippen LogP contribution in [0.1, 0.15) is 50.3 Å². The van der Waals surface area contributed by atoms with E-state index in [1.165, 1.54) is 44.2 Å². The van der Waals surface area contributed by atoms with Crippen molar-refractivity contribution >= 4 is 15.7 Å². The Labute approximate surface area is 214 Å². The van der Waals surface area contributed by atoms with Crippen molar-refractivity contribution in [1.29, 1.82) is 5.26 Å². The second-order valence-corrected chi connectivity index (χ2v) is 12.2. The van der Waals surface area contributed by atoms with Crippen LogP contribution in [-0.2, 0) is 14.6 Å². The fourth-order valence-electron chi connectivity index (χ4n) is 4.12. The SMILES string of the molecule is Cc1cc(-c2ccc([C@H](N[C@@H](CC(C)(C)F)C(=O)NC3(C#N)CC3)C(F)(F)F)cc2)ccc1S(C)(=O)=O. The molecule has 0 aromatic heterocycles. The summed E-state index contributed by atoms with van der Waals surface area (Å²) in [6.07, 6.45) is -3.47. The molecule has 0 unspecified atom stereocenters. The van der Waals surface area contributed by atoms with Gasteiger partial charge in [-0.3, -0.25) is 10.1 Å². The number of hydrogen-bond acceptors (Lipinski definition) is 5. The number of amides is 1. The minimum Gasteiger partial charge on any atom is -0.336 e. The van der Waals surface area contributed by atoms with Gasteiger partial charge in [0.2, 0.25) is 5.91 Å². The zero-order valence-electron chi connectivity index (χ0n) is 20.9. The summed E-state index contributed by atoms with van der Waals surface area (Å²) in [6, 6.07) is 8.24. The molecule has 2 atom stereocenters. The Morgan fingerprint density at radius 1 is 1.08 bits per heavy atom. The molecule has 200 valence electrons. The summed E-state index contributed by atoms with van der Waals surface area (Å²) in [4.78, 5) is 13.0. The van der Waals surface area contributed by atoms with Gasteiger partial charge in [-0.05, 0) is 61.9 Å². The lowest BCUT2D eigenvalue weighted by Gasteiger charge is -2.30. The molecule has 11 heteroatoms. The lowest BCUT2D eigenvalue weighted by Crippen LogP contribution is -2.53. The third-order valence-electron chi connectivity index (χ3n) is 6.18. The molecule has 0 heterocycles. The van der Waals surface area contributed by atoms with Gasteiger partial charge in [0.25, 0.3) is 0 Å². The van der Waals surface area contributed by atoms with Crippen LogP contribution in [0.4, 0.5) is 17.6 Å². The summed E-state index contributed by atoms with van der Waals surface area (Å²) in [6.45, 7) is 3.97. The van der Waals surface area contributed by atoms with Crippen LogP contribution in [0.2, 0.25) is 0 Å².